The molecular formula is C15H25ClN2O2. The van der Waals surface area contributed by atoms with Gasteiger partial charge in [0.05, 0.1) is 0 Å². The first-order chi connectivity index (χ1) is 9.46. The molecule has 0 aliphatic heterocycles. The summed E-state index contributed by atoms with van der Waals surface area (Å²) < 4.78 is 10.6. The molecule has 0 spiro atoms. The predicted octanol–water partition coefficient (Wildman–Crippen LogP) is 2.50. The van der Waals surface area contributed by atoms with Crippen molar-refractivity contribution in [3.63, 3.8) is 0 Å². The summed E-state index contributed by atoms with van der Waals surface area (Å²) in [5.41, 5.74) is 6.83. The Bertz CT molecular complexity index is 413. The molecule has 0 fully saturated rings. The number of nitrogens with two attached hydrogens (primary N) is 1. The molecule has 0 bridgehead atoms. The maximum absolute atomic E-state index is 6.21. The summed E-state index contributed by atoms with van der Waals surface area (Å²) in [5, 5.41) is 0.772. The van der Waals surface area contributed by atoms with Gasteiger partial charge < -0.3 is 15.2 Å². The van der Waals surface area contributed by atoms with Gasteiger partial charge in [0.15, 0.2) is 6.29 Å². The van der Waals surface area contributed by atoms with E-state index in [1.807, 2.05) is 31.3 Å². The van der Waals surface area contributed by atoms with Crippen LogP contribution in [0.3, 0.4) is 0 Å². The topological polar surface area (TPSA) is 47.7 Å². The van der Waals surface area contributed by atoms with Crippen LogP contribution in [0, 0.1) is 0 Å². The third-order valence-corrected chi connectivity index (χ3v) is 4.23. The van der Waals surface area contributed by atoms with Crippen LogP contribution in [0.5, 0.6) is 0 Å². The Kier molecular flexibility index (Phi) is 6.92. The number of hydrogen-bond acceptors (Lipinski definition) is 4. The highest BCUT2D eigenvalue weighted by atomic mass is 35.5. The first-order valence-electron chi connectivity index (χ1n) is 6.67. The van der Waals surface area contributed by atoms with Crippen LogP contribution < -0.4 is 5.73 Å². The lowest BCUT2D eigenvalue weighted by Crippen LogP contribution is -2.51. The van der Waals surface area contributed by atoms with Crippen LogP contribution in [-0.2, 0) is 16.0 Å². The highest BCUT2D eigenvalue weighted by molar-refractivity contribution is 6.31. The number of benzene rings is 1. The first kappa shape index (κ1) is 17.4. The lowest BCUT2D eigenvalue weighted by Gasteiger charge is -2.40. The zero-order valence-corrected chi connectivity index (χ0v) is 13.5. The average molecular weight is 301 g/mol. The van der Waals surface area contributed by atoms with Gasteiger partial charge in [0, 0.05) is 44.3 Å². The van der Waals surface area contributed by atoms with Crippen LogP contribution in [0.25, 0.3) is 0 Å². The Hall–Kier alpha value is -0.650. The van der Waals surface area contributed by atoms with E-state index in [2.05, 4.69) is 11.8 Å². The van der Waals surface area contributed by atoms with Crippen molar-refractivity contribution < 1.29 is 9.47 Å². The molecule has 0 saturated carbocycles. The Balaban J connectivity index is 2.80. The highest BCUT2D eigenvalue weighted by Crippen LogP contribution is 2.25. The summed E-state index contributed by atoms with van der Waals surface area (Å²) >= 11 is 6.21. The number of halogens is 1. The second-order valence-corrected chi connectivity index (χ2v) is 5.66. The van der Waals surface area contributed by atoms with Crippen molar-refractivity contribution in [2.75, 3.05) is 27.8 Å². The summed E-state index contributed by atoms with van der Waals surface area (Å²) in [4.78, 5) is 2.19. The summed E-state index contributed by atoms with van der Waals surface area (Å²) in [6.07, 6.45) is 0.425. The molecule has 0 aliphatic rings. The van der Waals surface area contributed by atoms with Crippen molar-refractivity contribution in [1.29, 1.82) is 0 Å². The highest BCUT2D eigenvalue weighted by Gasteiger charge is 2.31. The van der Waals surface area contributed by atoms with Gasteiger partial charge >= 0.3 is 0 Å². The van der Waals surface area contributed by atoms with E-state index < -0.39 is 0 Å². The normalized spacial score (nSPS) is 14.8. The van der Waals surface area contributed by atoms with Gasteiger partial charge in [0.1, 0.15) is 0 Å². The number of rotatable bonds is 8. The van der Waals surface area contributed by atoms with E-state index in [1.54, 1.807) is 14.2 Å². The quantitative estimate of drug-likeness (QED) is 0.749. The van der Waals surface area contributed by atoms with E-state index in [-0.39, 0.29) is 11.8 Å². The smallest absolute Gasteiger partial charge is 0.158 e. The molecule has 1 aromatic carbocycles. The fourth-order valence-corrected chi connectivity index (χ4v) is 2.29. The van der Waals surface area contributed by atoms with E-state index in [0.29, 0.717) is 13.0 Å². The Morgan fingerprint density at radius 2 is 1.90 bits per heavy atom. The minimum Gasteiger partial charge on any atom is -0.356 e. The zero-order valence-electron chi connectivity index (χ0n) is 12.7. The number of likely N-dealkylation sites (N-methyl/N-ethyl adjacent to an activating group) is 1. The minimum atomic E-state index is -0.266. The van der Waals surface area contributed by atoms with Crippen LogP contribution >= 0.6 is 11.6 Å². The van der Waals surface area contributed by atoms with Crippen LogP contribution in [0.2, 0.25) is 5.02 Å². The molecule has 0 heterocycles. The van der Waals surface area contributed by atoms with Gasteiger partial charge in [0.25, 0.3) is 0 Å². The van der Waals surface area contributed by atoms with Crippen LogP contribution in [0.1, 0.15) is 18.9 Å². The van der Waals surface area contributed by atoms with Gasteiger partial charge in [-0.1, -0.05) is 29.8 Å². The molecule has 5 heteroatoms. The van der Waals surface area contributed by atoms with Crippen molar-refractivity contribution in [3.05, 3.63) is 34.9 Å². The van der Waals surface area contributed by atoms with Crippen LogP contribution in [0.4, 0.5) is 0 Å². The van der Waals surface area contributed by atoms with E-state index in [1.165, 1.54) is 0 Å². The summed E-state index contributed by atoms with van der Waals surface area (Å²) in [7, 11) is 5.32. The predicted molar refractivity (Wildman–Crippen MR) is 82.8 cm³/mol. The maximum atomic E-state index is 6.21. The van der Waals surface area contributed by atoms with Gasteiger partial charge in [0.2, 0.25) is 0 Å². The van der Waals surface area contributed by atoms with E-state index in [9.17, 15) is 0 Å². The van der Waals surface area contributed by atoms with E-state index in [0.717, 1.165) is 17.1 Å². The summed E-state index contributed by atoms with van der Waals surface area (Å²) in [5.74, 6) is 0. The molecule has 0 radical (unpaired) electrons. The molecule has 0 aromatic heterocycles. The molecule has 20 heavy (non-hydrogen) atoms. The molecule has 114 valence electrons. The SMILES string of the molecule is COC(CC(C)(CN)N(C)Cc1ccccc1Cl)OC. The number of hydrogen-bond donors (Lipinski definition) is 1. The van der Waals surface area contributed by atoms with Crippen molar-refractivity contribution in [2.24, 2.45) is 5.73 Å². The second kappa shape index (κ2) is 7.96. The number of methoxy groups -OCH3 is 2. The lowest BCUT2D eigenvalue weighted by atomic mass is 9.94. The molecule has 0 aliphatic carbocycles. The molecule has 1 unspecified atom stereocenters. The van der Waals surface area contributed by atoms with E-state index in [4.69, 9.17) is 26.8 Å². The summed E-state index contributed by atoms with van der Waals surface area (Å²) in [6.45, 7) is 3.35. The molecule has 0 amide bonds. The molecule has 4 nitrogen and oxygen atoms in total. The van der Waals surface area contributed by atoms with Crippen LogP contribution in [-0.4, -0.2) is 44.5 Å². The van der Waals surface area contributed by atoms with Crippen molar-refractivity contribution in [2.45, 2.75) is 31.7 Å². The molecule has 2 N–H and O–H groups in total. The van der Waals surface area contributed by atoms with Gasteiger partial charge in [-0.05, 0) is 25.6 Å². The molecule has 1 aromatic rings. The van der Waals surface area contributed by atoms with Crippen LogP contribution in [0.15, 0.2) is 24.3 Å². The van der Waals surface area contributed by atoms with E-state index >= 15 is 0 Å². The van der Waals surface area contributed by atoms with Gasteiger partial charge in [-0.25, -0.2) is 0 Å². The molecule has 1 rings (SSSR count). The van der Waals surface area contributed by atoms with Crippen molar-refractivity contribution in [3.8, 4) is 0 Å². The molecule has 1 atom stereocenters. The average Bonchev–Trinajstić information content (AvgIpc) is 2.46. The first-order valence-corrected chi connectivity index (χ1v) is 7.05. The summed E-state index contributed by atoms with van der Waals surface area (Å²) in [6, 6.07) is 7.85. The third kappa shape index (κ3) is 4.43. The maximum Gasteiger partial charge on any atom is 0.158 e. The number of ether oxygens (including phenoxy) is 2. The fraction of sp³-hybridized carbons (Fsp3) is 0.600. The fourth-order valence-electron chi connectivity index (χ4n) is 2.09. The van der Waals surface area contributed by atoms with Gasteiger partial charge in [-0.15, -0.1) is 0 Å². The van der Waals surface area contributed by atoms with Gasteiger partial charge in [-0.2, -0.15) is 0 Å². The Labute approximate surface area is 126 Å². The van der Waals surface area contributed by atoms with Crippen molar-refractivity contribution >= 4 is 11.6 Å². The van der Waals surface area contributed by atoms with Gasteiger partial charge in [-0.3, -0.25) is 4.90 Å². The second-order valence-electron chi connectivity index (χ2n) is 5.25. The Morgan fingerprint density at radius 1 is 1.30 bits per heavy atom. The minimum absolute atomic E-state index is 0.226. The lowest BCUT2D eigenvalue weighted by molar-refractivity contribution is -0.127. The zero-order chi connectivity index (χ0) is 15.2. The molecule has 0 saturated heterocycles. The van der Waals surface area contributed by atoms with Crippen molar-refractivity contribution in [1.82, 2.24) is 4.90 Å². The largest absolute Gasteiger partial charge is 0.356 e. The number of nitrogens with zero attached hydrogens (tertiary/aromatic N) is 1. The monoisotopic (exact) mass is 300 g/mol. The standard InChI is InChI=1S/C15H25ClN2O2/c1-15(11-17,9-14(19-3)20-4)18(2)10-12-7-5-6-8-13(12)16/h5-8,14H,9-11,17H2,1-4H3. The Morgan fingerprint density at radius 3 is 2.40 bits per heavy atom. The molecular weight excluding hydrogens is 276 g/mol. The third-order valence-electron chi connectivity index (χ3n) is 3.86.